The van der Waals surface area contributed by atoms with Gasteiger partial charge in [0.2, 0.25) is 0 Å². The Morgan fingerprint density at radius 2 is 2.12 bits per heavy atom. The molecule has 0 atom stereocenters. The zero-order valence-electron chi connectivity index (χ0n) is 3.47. The Balaban J connectivity index is 4.19. The molecule has 0 aromatic carbocycles. The van der Waals surface area contributed by atoms with Crippen LogP contribution in [0.25, 0.3) is 0 Å². The summed E-state index contributed by atoms with van der Waals surface area (Å²) >= 11 is 9.52. The molecule has 0 saturated carbocycles. The zero-order valence-corrected chi connectivity index (χ0v) is 4.98. The molecule has 0 fully saturated rings. The summed E-state index contributed by atoms with van der Waals surface area (Å²) in [4.78, 5) is 8.48. The van der Waals surface area contributed by atoms with E-state index in [1.165, 1.54) is 0 Å². The number of nitrogens with zero attached hydrogens (tertiary/aromatic N) is 2. The van der Waals surface area contributed by atoms with Gasteiger partial charge in [-0.05, 0) is 23.2 Å². The van der Waals surface area contributed by atoms with Crippen molar-refractivity contribution in [1.82, 2.24) is 0 Å². The van der Waals surface area contributed by atoms with Crippen molar-refractivity contribution in [3.05, 3.63) is 10.1 Å². The van der Waals surface area contributed by atoms with Crippen molar-refractivity contribution in [1.29, 1.82) is 5.26 Å². The molecule has 0 amide bonds. The van der Waals surface area contributed by atoms with E-state index in [0.717, 1.165) is 6.07 Å². The van der Waals surface area contributed by atoms with Crippen molar-refractivity contribution >= 4 is 23.2 Å². The summed E-state index contributed by atoms with van der Waals surface area (Å²) in [6.07, 6.45) is 0. The van der Waals surface area contributed by atoms with Crippen molar-refractivity contribution in [3.63, 3.8) is 0 Å². The first-order chi connectivity index (χ1) is 3.50. The Morgan fingerprint density at radius 1 is 1.75 bits per heavy atom. The number of nitriles is 1. The molecule has 0 rings (SSSR count). The van der Waals surface area contributed by atoms with Crippen LogP contribution in [0, 0.1) is 21.4 Å². The van der Waals surface area contributed by atoms with E-state index in [0.29, 0.717) is 0 Å². The molecule has 6 heteroatoms. The number of nitro groups is 1. The highest BCUT2D eigenvalue weighted by molar-refractivity contribution is 6.48. The van der Waals surface area contributed by atoms with Gasteiger partial charge in [0.1, 0.15) is 0 Å². The van der Waals surface area contributed by atoms with Gasteiger partial charge in [-0.25, -0.2) is 0 Å². The highest BCUT2D eigenvalue weighted by Gasteiger charge is 2.37. The minimum atomic E-state index is -2.49. The fourth-order valence-corrected chi connectivity index (χ4v) is 0.0408. The van der Waals surface area contributed by atoms with Crippen LogP contribution in [0.2, 0.25) is 0 Å². The van der Waals surface area contributed by atoms with E-state index in [9.17, 15) is 10.1 Å². The van der Waals surface area contributed by atoms with Crippen LogP contribution in [0.4, 0.5) is 0 Å². The van der Waals surface area contributed by atoms with Crippen LogP contribution in [-0.4, -0.2) is 9.38 Å². The Bertz CT molecular complexity index is 149. The van der Waals surface area contributed by atoms with Crippen molar-refractivity contribution < 1.29 is 4.92 Å². The standard InChI is InChI=1S/C2Cl2N2O2/c3-2(4,1-5)6(7)8. The maximum absolute atomic E-state index is 9.57. The Labute approximate surface area is 54.8 Å². The third-order valence-corrected chi connectivity index (χ3v) is 0.809. The van der Waals surface area contributed by atoms with E-state index >= 15 is 0 Å². The van der Waals surface area contributed by atoms with E-state index in [4.69, 9.17) is 28.5 Å². The molecule has 0 aromatic rings. The average Bonchev–Trinajstić information content (AvgIpc) is 1.67. The molecule has 4 nitrogen and oxygen atoms in total. The Morgan fingerprint density at radius 3 is 2.12 bits per heavy atom. The van der Waals surface area contributed by atoms with Gasteiger partial charge in [0, 0.05) is 0 Å². The fourth-order valence-electron chi connectivity index (χ4n) is 0.0408. The summed E-state index contributed by atoms with van der Waals surface area (Å²) in [7, 11) is 0. The number of hydrogen-bond donors (Lipinski definition) is 0. The quantitative estimate of drug-likeness (QED) is 0.244. The first-order valence-corrected chi connectivity index (χ1v) is 2.20. The summed E-state index contributed by atoms with van der Waals surface area (Å²) < 4.78 is -2.49. The van der Waals surface area contributed by atoms with Gasteiger partial charge in [0.15, 0.2) is 6.07 Å². The molecule has 0 aliphatic rings. The van der Waals surface area contributed by atoms with Gasteiger partial charge in [-0.15, -0.1) is 0 Å². The lowest BCUT2D eigenvalue weighted by Crippen LogP contribution is -2.21. The zero-order chi connectivity index (χ0) is 6.78. The molecule has 0 aliphatic carbocycles. The monoisotopic (exact) mass is 154 g/mol. The van der Waals surface area contributed by atoms with Crippen molar-refractivity contribution in [2.45, 2.75) is 4.46 Å². The molecular weight excluding hydrogens is 155 g/mol. The van der Waals surface area contributed by atoms with Crippen LogP contribution in [0.3, 0.4) is 0 Å². The molecule has 0 radical (unpaired) electrons. The predicted molar refractivity (Wildman–Crippen MR) is 27.0 cm³/mol. The van der Waals surface area contributed by atoms with E-state index in [-0.39, 0.29) is 0 Å². The normalized spacial score (nSPS) is 10.1. The molecular formula is C2Cl2N2O2. The summed E-state index contributed by atoms with van der Waals surface area (Å²) in [5.74, 6) is 0. The van der Waals surface area contributed by atoms with Crippen LogP contribution in [-0.2, 0) is 0 Å². The molecule has 0 aliphatic heterocycles. The van der Waals surface area contributed by atoms with E-state index in [1.807, 2.05) is 0 Å². The predicted octanol–water partition coefficient (Wildman–Crippen LogP) is 0.918. The van der Waals surface area contributed by atoms with Crippen LogP contribution in [0.15, 0.2) is 0 Å². The molecule has 0 saturated heterocycles. The van der Waals surface area contributed by atoms with Gasteiger partial charge >= 0.3 is 4.46 Å². The largest absolute Gasteiger partial charge is 0.457 e. The molecule has 8 heavy (non-hydrogen) atoms. The van der Waals surface area contributed by atoms with Crippen LogP contribution in [0.1, 0.15) is 0 Å². The topological polar surface area (TPSA) is 66.9 Å². The Hall–Kier alpha value is -0.530. The molecule has 0 heterocycles. The third kappa shape index (κ3) is 1.52. The van der Waals surface area contributed by atoms with Gasteiger partial charge < -0.3 is 0 Å². The van der Waals surface area contributed by atoms with Gasteiger partial charge in [0.25, 0.3) is 0 Å². The highest BCUT2D eigenvalue weighted by Crippen LogP contribution is 2.18. The second-order valence-corrected chi connectivity index (χ2v) is 2.20. The van der Waals surface area contributed by atoms with E-state index in [2.05, 4.69) is 0 Å². The molecule has 0 aromatic heterocycles. The van der Waals surface area contributed by atoms with Crippen molar-refractivity contribution in [2.24, 2.45) is 0 Å². The second kappa shape index (κ2) is 2.16. The van der Waals surface area contributed by atoms with Crippen molar-refractivity contribution in [2.75, 3.05) is 0 Å². The average molecular weight is 155 g/mol. The van der Waals surface area contributed by atoms with Crippen LogP contribution in [0.5, 0.6) is 0 Å². The van der Waals surface area contributed by atoms with Gasteiger partial charge in [-0.3, -0.25) is 10.1 Å². The number of hydrogen-bond acceptors (Lipinski definition) is 3. The van der Waals surface area contributed by atoms with Crippen LogP contribution >= 0.6 is 23.2 Å². The molecule has 0 bridgehead atoms. The first kappa shape index (κ1) is 7.47. The highest BCUT2D eigenvalue weighted by atomic mass is 35.5. The third-order valence-electron chi connectivity index (χ3n) is 0.364. The van der Waals surface area contributed by atoms with Gasteiger partial charge in [0.05, 0.1) is 4.92 Å². The molecule has 44 valence electrons. The molecule has 0 unspecified atom stereocenters. The molecule has 0 spiro atoms. The van der Waals surface area contributed by atoms with Gasteiger partial charge in [-0.1, -0.05) is 0 Å². The van der Waals surface area contributed by atoms with E-state index < -0.39 is 9.38 Å². The summed E-state index contributed by atoms with van der Waals surface area (Å²) in [5.41, 5.74) is 0. The van der Waals surface area contributed by atoms with Crippen LogP contribution < -0.4 is 0 Å². The minimum absolute atomic E-state index is 1.07. The molecule has 0 N–H and O–H groups in total. The van der Waals surface area contributed by atoms with E-state index in [1.54, 1.807) is 0 Å². The smallest absolute Gasteiger partial charge is 0.261 e. The van der Waals surface area contributed by atoms with Crippen molar-refractivity contribution in [3.8, 4) is 6.07 Å². The first-order valence-electron chi connectivity index (χ1n) is 1.44. The second-order valence-electron chi connectivity index (χ2n) is 0.910. The number of rotatable bonds is 1. The lowest BCUT2D eigenvalue weighted by molar-refractivity contribution is -0.500. The fraction of sp³-hybridized carbons (Fsp3) is 0.500. The van der Waals surface area contributed by atoms with Gasteiger partial charge in [-0.2, -0.15) is 5.26 Å². The summed E-state index contributed by atoms with van der Waals surface area (Å²) in [6, 6.07) is 1.07. The number of alkyl halides is 2. The Kier molecular flexibility index (Phi) is 2.02. The maximum atomic E-state index is 9.57. The maximum Gasteiger partial charge on any atom is 0.457 e. The minimum Gasteiger partial charge on any atom is -0.261 e. The summed E-state index contributed by atoms with van der Waals surface area (Å²) in [6.45, 7) is 0. The number of halogens is 2. The lowest BCUT2D eigenvalue weighted by atomic mass is 10.7. The lowest BCUT2D eigenvalue weighted by Gasteiger charge is -1.95. The summed E-state index contributed by atoms with van der Waals surface area (Å²) in [5, 5.41) is 17.4. The SMILES string of the molecule is N#CC(Cl)(Cl)[N+](=O)[O-].